The van der Waals surface area contributed by atoms with Crippen LogP contribution in [0.4, 0.5) is 16.0 Å². The average molecular weight is 328 g/mol. The average Bonchev–Trinajstić information content (AvgIpc) is 2.86. The van der Waals surface area contributed by atoms with E-state index in [0.29, 0.717) is 23.2 Å². The molecule has 1 saturated carbocycles. The summed E-state index contributed by atoms with van der Waals surface area (Å²) < 4.78 is 12.9. The highest BCUT2D eigenvalue weighted by Crippen LogP contribution is 2.19. The van der Waals surface area contributed by atoms with Crippen LogP contribution in [0.15, 0.2) is 36.7 Å². The van der Waals surface area contributed by atoms with Gasteiger partial charge in [-0.05, 0) is 37.1 Å². The minimum absolute atomic E-state index is 0.317. The van der Waals surface area contributed by atoms with Crippen molar-refractivity contribution in [2.75, 3.05) is 10.6 Å². The van der Waals surface area contributed by atoms with Gasteiger partial charge in [0.05, 0.1) is 5.56 Å². The lowest BCUT2D eigenvalue weighted by Gasteiger charge is -2.15. The summed E-state index contributed by atoms with van der Waals surface area (Å²) in [5.41, 5.74) is 0.896. The molecule has 2 N–H and O–H groups in total. The maximum Gasteiger partial charge on any atom is 0.258 e. The number of anilines is 2. The zero-order valence-electron chi connectivity index (χ0n) is 13.5. The molecule has 1 aromatic carbocycles. The van der Waals surface area contributed by atoms with Crippen molar-refractivity contribution in [1.29, 1.82) is 0 Å². The molecule has 2 aromatic rings. The Labute approximate surface area is 140 Å². The Balaban J connectivity index is 1.58. The number of nitrogens with one attached hydrogen (secondary N) is 2. The van der Waals surface area contributed by atoms with Crippen LogP contribution in [0.1, 0.15) is 48.9 Å². The third-order valence-corrected chi connectivity index (χ3v) is 4.20. The molecule has 3 rings (SSSR count). The summed E-state index contributed by atoms with van der Waals surface area (Å²) in [6.07, 6.45) is 10.3. The number of hydrogen-bond donors (Lipinski definition) is 2. The molecule has 1 aliphatic carbocycles. The van der Waals surface area contributed by atoms with E-state index in [1.165, 1.54) is 62.3 Å². The fourth-order valence-electron chi connectivity index (χ4n) is 2.86. The number of hydrogen-bond acceptors (Lipinski definition) is 4. The summed E-state index contributed by atoms with van der Waals surface area (Å²) in [7, 11) is 0. The number of rotatable bonds is 4. The number of amides is 1. The lowest BCUT2D eigenvalue weighted by Crippen LogP contribution is -2.20. The molecule has 1 amide bonds. The van der Waals surface area contributed by atoms with Crippen LogP contribution >= 0.6 is 0 Å². The Morgan fingerprint density at radius 1 is 1.00 bits per heavy atom. The fourth-order valence-corrected chi connectivity index (χ4v) is 2.86. The molecule has 1 aliphatic rings. The summed E-state index contributed by atoms with van der Waals surface area (Å²) in [6, 6.07) is 6.02. The van der Waals surface area contributed by atoms with Gasteiger partial charge in [-0.3, -0.25) is 4.79 Å². The van der Waals surface area contributed by atoms with E-state index in [1.54, 1.807) is 0 Å². The van der Waals surface area contributed by atoms with Crippen LogP contribution in [0.5, 0.6) is 0 Å². The van der Waals surface area contributed by atoms with E-state index in [0.717, 1.165) is 12.8 Å². The molecular weight excluding hydrogens is 307 g/mol. The van der Waals surface area contributed by atoms with Gasteiger partial charge in [0.2, 0.25) is 5.95 Å². The van der Waals surface area contributed by atoms with Crippen LogP contribution in [0, 0.1) is 5.82 Å². The van der Waals surface area contributed by atoms with Gasteiger partial charge in [-0.25, -0.2) is 14.4 Å². The number of nitrogens with zero attached hydrogens (tertiary/aromatic N) is 2. The van der Waals surface area contributed by atoms with Crippen LogP contribution in [0.3, 0.4) is 0 Å². The van der Waals surface area contributed by atoms with Crippen molar-refractivity contribution in [3.63, 3.8) is 0 Å². The first-order chi connectivity index (χ1) is 11.7. The zero-order valence-corrected chi connectivity index (χ0v) is 13.5. The maximum atomic E-state index is 12.9. The van der Waals surface area contributed by atoms with E-state index in [2.05, 4.69) is 20.6 Å². The molecule has 0 bridgehead atoms. The van der Waals surface area contributed by atoms with Crippen molar-refractivity contribution < 1.29 is 9.18 Å². The summed E-state index contributed by atoms with van der Waals surface area (Å²) in [4.78, 5) is 20.6. The minimum Gasteiger partial charge on any atom is -0.351 e. The topological polar surface area (TPSA) is 66.9 Å². The summed E-state index contributed by atoms with van der Waals surface area (Å²) in [5, 5.41) is 6.04. The van der Waals surface area contributed by atoms with Crippen molar-refractivity contribution in [3.8, 4) is 0 Å². The lowest BCUT2D eigenvalue weighted by atomic mass is 10.1. The molecule has 1 fully saturated rings. The molecule has 0 radical (unpaired) electrons. The monoisotopic (exact) mass is 328 g/mol. The van der Waals surface area contributed by atoms with Crippen LogP contribution in [0.25, 0.3) is 0 Å². The number of carbonyl (C=O) groups excluding carboxylic acids is 1. The third kappa shape index (κ3) is 4.50. The Morgan fingerprint density at radius 3 is 2.25 bits per heavy atom. The zero-order chi connectivity index (χ0) is 16.8. The highest BCUT2D eigenvalue weighted by Gasteiger charge is 2.14. The molecule has 0 aliphatic heterocycles. The van der Waals surface area contributed by atoms with E-state index < -0.39 is 0 Å². The second-order valence-electron chi connectivity index (χ2n) is 6.09. The molecule has 0 atom stereocenters. The molecule has 1 heterocycles. The molecule has 6 heteroatoms. The Morgan fingerprint density at radius 2 is 1.62 bits per heavy atom. The van der Waals surface area contributed by atoms with Gasteiger partial charge in [0, 0.05) is 24.1 Å². The van der Waals surface area contributed by atoms with E-state index in [4.69, 9.17) is 0 Å². The van der Waals surface area contributed by atoms with Crippen LogP contribution < -0.4 is 10.6 Å². The Kier molecular flexibility index (Phi) is 5.36. The second-order valence-corrected chi connectivity index (χ2v) is 6.09. The number of halogens is 1. The van der Waals surface area contributed by atoms with Crippen LogP contribution in [0.2, 0.25) is 0 Å². The first-order valence-corrected chi connectivity index (χ1v) is 8.36. The molecular formula is C18H21FN4O. The van der Waals surface area contributed by atoms with Gasteiger partial charge >= 0.3 is 0 Å². The Bertz CT molecular complexity index is 664. The first kappa shape index (κ1) is 16.4. The lowest BCUT2D eigenvalue weighted by molar-refractivity contribution is 0.102. The van der Waals surface area contributed by atoms with E-state index in [1.807, 2.05) is 0 Å². The smallest absolute Gasteiger partial charge is 0.258 e. The maximum absolute atomic E-state index is 12.9. The predicted molar refractivity (Wildman–Crippen MR) is 91.5 cm³/mol. The fraction of sp³-hybridized carbons (Fsp3) is 0.389. The largest absolute Gasteiger partial charge is 0.351 e. The van der Waals surface area contributed by atoms with Gasteiger partial charge in [-0.1, -0.05) is 25.7 Å². The van der Waals surface area contributed by atoms with Crippen molar-refractivity contribution in [3.05, 3.63) is 48.0 Å². The van der Waals surface area contributed by atoms with Crippen molar-refractivity contribution in [2.24, 2.45) is 0 Å². The van der Waals surface area contributed by atoms with Gasteiger partial charge in [0.25, 0.3) is 5.91 Å². The van der Waals surface area contributed by atoms with Crippen molar-refractivity contribution in [1.82, 2.24) is 9.97 Å². The highest BCUT2D eigenvalue weighted by molar-refractivity contribution is 6.03. The number of carbonyl (C=O) groups is 1. The number of benzene rings is 1. The minimum atomic E-state index is -0.342. The molecule has 0 spiro atoms. The van der Waals surface area contributed by atoms with Crippen LogP contribution in [-0.2, 0) is 0 Å². The van der Waals surface area contributed by atoms with Gasteiger partial charge in [-0.2, -0.15) is 0 Å². The molecule has 126 valence electrons. The molecule has 5 nitrogen and oxygen atoms in total. The molecule has 24 heavy (non-hydrogen) atoms. The van der Waals surface area contributed by atoms with E-state index >= 15 is 0 Å². The molecule has 0 unspecified atom stereocenters. The summed E-state index contributed by atoms with van der Waals surface area (Å²) in [5.74, 6) is -0.104. The normalized spacial score (nSPS) is 15.5. The van der Waals surface area contributed by atoms with E-state index in [9.17, 15) is 9.18 Å². The quantitative estimate of drug-likeness (QED) is 0.833. The Hall–Kier alpha value is -2.50. The third-order valence-electron chi connectivity index (χ3n) is 4.20. The predicted octanol–water partition coefficient (Wildman–Crippen LogP) is 4.00. The summed E-state index contributed by atoms with van der Waals surface area (Å²) in [6.45, 7) is 0. The van der Waals surface area contributed by atoms with Crippen molar-refractivity contribution in [2.45, 2.75) is 44.6 Å². The van der Waals surface area contributed by atoms with Crippen LogP contribution in [-0.4, -0.2) is 21.9 Å². The molecule has 1 aromatic heterocycles. The van der Waals surface area contributed by atoms with Gasteiger partial charge in [0.15, 0.2) is 0 Å². The summed E-state index contributed by atoms with van der Waals surface area (Å²) >= 11 is 0. The molecule has 0 saturated heterocycles. The first-order valence-electron chi connectivity index (χ1n) is 8.36. The van der Waals surface area contributed by atoms with Gasteiger partial charge in [-0.15, -0.1) is 0 Å². The standard InChI is InChI=1S/C18H21FN4O/c19-14-7-9-16(10-8-14)22-17(24)13-11-20-18(21-12-13)23-15-5-3-1-2-4-6-15/h7-12,15H,1-6H2,(H,22,24)(H,20,21,23). The van der Waals surface area contributed by atoms with Crippen molar-refractivity contribution >= 4 is 17.5 Å². The van der Waals surface area contributed by atoms with Gasteiger partial charge < -0.3 is 10.6 Å². The highest BCUT2D eigenvalue weighted by atomic mass is 19.1. The van der Waals surface area contributed by atoms with Gasteiger partial charge in [0.1, 0.15) is 5.82 Å². The van der Waals surface area contributed by atoms with E-state index in [-0.39, 0.29) is 11.7 Å². The SMILES string of the molecule is O=C(Nc1ccc(F)cc1)c1cnc(NC2CCCCCC2)nc1. The second kappa shape index (κ2) is 7.86. The number of aromatic nitrogens is 2.